The van der Waals surface area contributed by atoms with Crippen LogP contribution in [-0.4, -0.2) is 49.5 Å². The van der Waals surface area contributed by atoms with Crippen LogP contribution in [0.15, 0.2) is 42.5 Å². The monoisotopic (exact) mass is 487 g/mol. The van der Waals surface area contributed by atoms with Crippen molar-refractivity contribution in [3.8, 4) is 0 Å². The van der Waals surface area contributed by atoms with Gasteiger partial charge in [-0.25, -0.2) is 8.42 Å². The first-order valence-corrected chi connectivity index (χ1v) is 13.2. The third kappa shape index (κ3) is 7.58. The molecule has 0 heterocycles. The van der Waals surface area contributed by atoms with E-state index in [1.807, 2.05) is 71.9 Å². The van der Waals surface area contributed by atoms with E-state index in [9.17, 15) is 18.0 Å². The standard InChI is InChI=1S/C26H37N3O4S/c1-18-10-9-11-22(14-18)16-28(21(4)25(31)27-26(5,6)7)24(30)17-29(34(8,32)33)23-13-12-19(2)20(3)15-23/h9-15,21H,16-17H2,1-8H3,(H,27,31)/t21-/m0/s1. The molecule has 0 spiro atoms. The number of nitrogens with zero attached hydrogens (tertiary/aromatic N) is 2. The lowest BCUT2D eigenvalue weighted by Crippen LogP contribution is -2.54. The number of nitrogens with one attached hydrogen (secondary N) is 1. The number of carbonyl (C=O) groups excluding carboxylic acids is 2. The molecule has 0 unspecified atom stereocenters. The van der Waals surface area contributed by atoms with Gasteiger partial charge in [0.25, 0.3) is 0 Å². The summed E-state index contributed by atoms with van der Waals surface area (Å²) in [6.07, 6.45) is 1.08. The van der Waals surface area contributed by atoms with Crippen LogP contribution in [0, 0.1) is 20.8 Å². The summed E-state index contributed by atoms with van der Waals surface area (Å²) in [6, 6.07) is 12.2. The minimum Gasteiger partial charge on any atom is -0.350 e. The Morgan fingerprint density at radius 3 is 2.18 bits per heavy atom. The predicted octanol–water partition coefficient (Wildman–Crippen LogP) is 3.71. The number of amides is 2. The van der Waals surface area contributed by atoms with Gasteiger partial charge in [0.2, 0.25) is 21.8 Å². The predicted molar refractivity (Wildman–Crippen MR) is 137 cm³/mol. The van der Waals surface area contributed by atoms with E-state index in [0.29, 0.717) is 5.69 Å². The zero-order valence-corrected chi connectivity index (χ0v) is 22.3. The summed E-state index contributed by atoms with van der Waals surface area (Å²) in [5.41, 5.74) is 3.79. The highest BCUT2D eigenvalue weighted by molar-refractivity contribution is 7.92. The van der Waals surface area contributed by atoms with Crippen molar-refractivity contribution in [3.63, 3.8) is 0 Å². The number of hydrogen-bond donors (Lipinski definition) is 1. The van der Waals surface area contributed by atoms with E-state index in [0.717, 1.165) is 32.8 Å². The minimum absolute atomic E-state index is 0.184. The van der Waals surface area contributed by atoms with Crippen LogP contribution < -0.4 is 9.62 Å². The fourth-order valence-corrected chi connectivity index (χ4v) is 4.40. The number of aryl methyl sites for hydroxylation is 3. The largest absolute Gasteiger partial charge is 0.350 e. The molecule has 2 aromatic rings. The Labute approximate surface area is 204 Å². The van der Waals surface area contributed by atoms with Gasteiger partial charge in [0.15, 0.2) is 0 Å². The molecule has 0 saturated carbocycles. The summed E-state index contributed by atoms with van der Waals surface area (Å²) in [6.45, 7) is 12.8. The van der Waals surface area contributed by atoms with Gasteiger partial charge in [-0.2, -0.15) is 0 Å². The molecule has 0 aromatic heterocycles. The second-order valence-electron chi connectivity index (χ2n) is 9.96. The van der Waals surface area contributed by atoms with Crippen molar-refractivity contribution in [2.45, 2.75) is 66.6 Å². The highest BCUT2D eigenvalue weighted by atomic mass is 32.2. The summed E-state index contributed by atoms with van der Waals surface area (Å²) in [4.78, 5) is 28.0. The quantitative estimate of drug-likeness (QED) is 0.615. The van der Waals surface area contributed by atoms with Gasteiger partial charge in [0.1, 0.15) is 12.6 Å². The number of sulfonamides is 1. The van der Waals surface area contributed by atoms with Crippen molar-refractivity contribution in [2.24, 2.45) is 0 Å². The Bertz CT molecular complexity index is 1150. The zero-order valence-electron chi connectivity index (χ0n) is 21.5. The van der Waals surface area contributed by atoms with Crippen LogP contribution in [0.5, 0.6) is 0 Å². The van der Waals surface area contributed by atoms with Gasteiger partial charge in [-0.15, -0.1) is 0 Å². The third-order valence-electron chi connectivity index (χ3n) is 5.56. The van der Waals surface area contributed by atoms with E-state index in [1.54, 1.807) is 19.1 Å². The molecule has 0 aliphatic heterocycles. The Balaban J connectivity index is 2.43. The Hall–Kier alpha value is -2.87. The average molecular weight is 488 g/mol. The Kier molecular flexibility index (Phi) is 8.53. The van der Waals surface area contributed by atoms with E-state index in [1.165, 1.54) is 4.90 Å². The smallest absolute Gasteiger partial charge is 0.244 e. The summed E-state index contributed by atoms with van der Waals surface area (Å²) in [5.74, 6) is -0.757. The van der Waals surface area contributed by atoms with Gasteiger partial charge in [-0.3, -0.25) is 13.9 Å². The molecule has 0 aliphatic carbocycles. The lowest BCUT2D eigenvalue weighted by atomic mass is 10.1. The number of anilines is 1. The van der Waals surface area contributed by atoms with Crippen LogP contribution in [0.1, 0.15) is 49.9 Å². The van der Waals surface area contributed by atoms with E-state index < -0.39 is 34.1 Å². The molecule has 0 radical (unpaired) electrons. The first-order valence-electron chi connectivity index (χ1n) is 11.3. The van der Waals surface area contributed by atoms with Crippen molar-refractivity contribution < 1.29 is 18.0 Å². The molecule has 2 amide bonds. The van der Waals surface area contributed by atoms with Crippen molar-refractivity contribution in [1.29, 1.82) is 0 Å². The number of hydrogen-bond acceptors (Lipinski definition) is 4. The van der Waals surface area contributed by atoms with Crippen molar-refractivity contribution in [1.82, 2.24) is 10.2 Å². The minimum atomic E-state index is -3.75. The van der Waals surface area contributed by atoms with Gasteiger partial charge in [0.05, 0.1) is 11.9 Å². The average Bonchev–Trinajstić information content (AvgIpc) is 2.69. The van der Waals surface area contributed by atoms with Gasteiger partial charge in [0, 0.05) is 12.1 Å². The highest BCUT2D eigenvalue weighted by Crippen LogP contribution is 2.22. The third-order valence-corrected chi connectivity index (χ3v) is 6.70. The van der Waals surface area contributed by atoms with Gasteiger partial charge in [-0.1, -0.05) is 35.9 Å². The van der Waals surface area contributed by atoms with E-state index in [4.69, 9.17) is 0 Å². The molecule has 0 bridgehead atoms. The highest BCUT2D eigenvalue weighted by Gasteiger charge is 2.31. The SMILES string of the molecule is Cc1cccc(CN(C(=O)CN(c2ccc(C)c(C)c2)S(C)(=O)=O)[C@@H](C)C(=O)NC(C)(C)C)c1. The molecule has 2 aromatic carbocycles. The van der Waals surface area contributed by atoms with E-state index in [-0.39, 0.29) is 12.5 Å². The van der Waals surface area contributed by atoms with E-state index in [2.05, 4.69) is 5.32 Å². The molecule has 0 aliphatic rings. The molecular formula is C26H37N3O4S. The van der Waals surface area contributed by atoms with Crippen LogP contribution in [0.25, 0.3) is 0 Å². The molecule has 34 heavy (non-hydrogen) atoms. The van der Waals surface area contributed by atoms with Crippen molar-refractivity contribution >= 4 is 27.5 Å². The van der Waals surface area contributed by atoms with Crippen LogP contribution in [0.2, 0.25) is 0 Å². The number of carbonyl (C=O) groups is 2. The molecule has 0 saturated heterocycles. The second kappa shape index (κ2) is 10.6. The second-order valence-corrected chi connectivity index (χ2v) is 11.9. The molecule has 186 valence electrons. The summed E-state index contributed by atoms with van der Waals surface area (Å²) >= 11 is 0. The summed E-state index contributed by atoms with van der Waals surface area (Å²) < 4.78 is 26.4. The lowest BCUT2D eigenvalue weighted by Gasteiger charge is -2.33. The molecule has 7 nitrogen and oxygen atoms in total. The van der Waals surface area contributed by atoms with Crippen LogP contribution in [0.3, 0.4) is 0 Å². The fraction of sp³-hybridized carbons (Fsp3) is 0.462. The first kappa shape index (κ1) is 27.4. The van der Waals surface area contributed by atoms with Crippen molar-refractivity contribution in [3.05, 3.63) is 64.7 Å². The van der Waals surface area contributed by atoms with E-state index >= 15 is 0 Å². The molecule has 1 N–H and O–H groups in total. The van der Waals surface area contributed by atoms with Crippen LogP contribution >= 0.6 is 0 Å². The number of rotatable bonds is 8. The Morgan fingerprint density at radius 2 is 1.65 bits per heavy atom. The number of benzene rings is 2. The fourth-order valence-electron chi connectivity index (χ4n) is 3.56. The van der Waals surface area contributed by atoms with Crippen molar-refractivity contribution in [2.75, 3.05) is 17.1 Å². The van der Waals surface area contributed by atoms with Gasteiger partial charge >= 0.3 is 0 Å². The van der Waals surface area contributed by atoms with Gasteiger partial charge in [-0.05, 0) is 77.3 Å². The van der Waals surface area contributed by atoms with Crippen LogP contribution in [0.4, 0.5) is 5.69 Å². The van der Waals surface area contributed by atoms with Crippen LogP contribution in [-0.2, 0) is 26.2 Å². The van der Waals surface area contributed by atoms with Gasteiger partial charge < -0.3 is 10.2 Å². The Morgan fingerprint density at radius 1 is 1.00 bits per heavy atom. The summed E-state index contributed by atoms with van der Waals surface area (Å²) in [5, 5.41) is 2.92. The normalized spacial score (nSPS) is 12.7. The zero-order chi connectivity index (χ0) is 25.8. The molecule has 2 rings (SSSR count). The molecular weight excluding hydrogens is 450 g/mol. The maximum Gasteiger partial charge on any atom is 0.244 e. The maximum atomic E-state index is 13.6. The maximum absolute atomic E-state index is 13.6. The lowest BCUT2D eigenvalue weighted by molar-refractivity contribution is -0.140. The molecule has 8 heteroatoms. The first-order chi connectivity index (χ1) is 15.6. The topological polar surface area (TPSA) is 86.8 Å². The molecule has 0 fully saturated rings. The summed E-state index contributed by atoms with van der Waals surface area (Å²) in [7, 11) is -3.75. The molecule has 1 atom stereocenters.